The number of benzene rings is 2. The lowest BCUT2D eigenvalue weighted by molar-refractivity contribution is 1.10. The topological polar surface area (TPSA) is 0 Å². The maximum absolute atomic E-state index is 3.83. The molecule has 18 heavy (non-hydrogen) atoms. The Morgan fingerprint density at radius 3 is 1.89 bits per heavy atom. The number of hydrogen-bond donors (Lipinski definition) is 0. The fourth-order valence-electron chi connectivity index (χ4n) is 2.39. The first-order valence-corrected chi connectivity index (χ1v) is 7.67. The molecule has 0 amide bonds. The molecule has 94 valence electrons. The lowest BCUT2D eigenvalue weighted by Crippen LogP contribution is -2.00. The molecule has 1 atom stereocenters. The van der Waals surface area contributed by atoms with Gasteiger partial charge in [0.05, 0.1) is 4.83 Å². The molecule has 2 heteroatoms. The lowest BCUT2D eigenvalue weighted by Gasteiger charge is -2.17. The van der Waals surface area contributed by atoms with Gasteiger partial charge in [-0.3, -0.25) is 0 Å². The summed E-state index contributed by atoms with van der Waals surface area (Å²) in [4.78, 5) is 0.256. The summed E-state index contributed by atoms with van der Waals surface area (Å²) in [5, 5.41) is 0. The number of alkyl halides is 1. The summed E-state index contributed by atoms with van der Waals surface area (Å²) in [7, 11) is 0. The zero-order chi connectivity index (χ0) is 13.3. The van der Waals surface area contributed by atoms with Crippen molar-refractivity contribution in [1.82, 2.24) is 0 Å². The zero-order valence-corrected chi connectivity index (χ0v) is 14.0. The van der Waals surface area contributed by atoms with E-state index in [1.807, 2.05) is 0 Å². The maximum Gasteiger partial charge on any atom is 0.0649 e. The van der Waals surface area contributed by atoms with Crippen molar-refractivity contribution >= 4 is 31.9 Å². The largest absolute Gasteiger partial charge is 0.0786 e. The van der Waals surface area contributed by atoms with E-state index in [1.165, 1.54) is 27.8 Å². The van der Waals surface area contributed by atoms with E-state index in [4.69, 9.17) is 0 Å². The van der Waals surface area contributed by atoms with Crippen LogP contribution in [0.25, 0.3) is 0 Å². The summed E-state index contributed by atoms with van der Waals surface area (Å²) >= 11 is 7.30. The second kappa shape index (κ2) is 5.58. The minimum atomic E-state index is 0.256. The van der Waals surface area contributed by atoms with Crippen molar-refractivity contribution in [2.45, 2.75) is 25.6 Å². The van der Waals surface area contributed by atoms with Gasteiger partial charge in [0.1, 0.15) is 0 Å². The van der Waals surface area contributed by atoms with Gasteiger partial charge >= 0.3 is 0 Å². The smallest absolute Gasteiger partial charge is 0.0649 e. The van der Waals surface area contributed by atoms with Crippen LogP contribution in [0.4, 0.5) is 0 Å². The van der Waals surface area contributed by atoms with Crippen molar-refractivity contribution in [3.63, 3.8) is 0 Å². The molecule has 0 saturated carbocycles. The van der Waals surface area contributed by atoms with Crippen LogP contribution in [0.5, 0.6) is 0 Å². The normalized spacial score (nSPS) is 12.5. The van der Waals surface area contributed by atoms with Gasteiger partial charge in [0.25, 0.3) is 0 Å². The van der Waals surface area contributed by atoms with Crippen LogP contribution in [-0.4, -0.2) is 0 Å². The highest BCUT2D eigenvalue weighted by Gasteiger charge is 2.15. The molecule has 0 N–H and O–H groups in total. The third kappa shape index (κ3) is 2.86. The number of aryl methyl sites for hydroxylation is 3. The monoisotopic (exact) mass is 366 g/mol. The minimum absolute atomic E-state index is 0.256. The summed E-state index contributed by atoms with van der Waals surface area (Å²) in [6, 6.07) is 13.0. The molecule has 2 rings (SSSR count). The van der Waals surface area contributed by atoms with Gasteiger partial charge in [0.2, 0.25) is 0 Å². The van der Waals surface area contributed by atoms with E-state index in [9.17, 15) is 0 Å². The van der Waals surface area contributed by atoms with E-state index in [1.54, 1.807) is 0 Å². The molecule has 0 aliphatic heterocycles. The summed E-state index contributed by atoms with van der Waals surface area (Å²) in [6.45, 7) is 6.51. The lowest BCUT2D eigenvalue weighted by atomic mass is 9.94. The summed E-state index contributed by atoms with van der Waals surface area (Å²) in [5.74, 6) is 0. The quantitative estimate of drug-likeness (QED) is 0.583. The van der Waals surface area contributed by atoms with E-state index in [0.29, 0.717) is 0 Å². The van der Waals surface area contributed by atoms with Crippen molar-refractivity contribution in [3.8, 4) is 0 Å². The Bertz CT molecular complexity index is 533. The van der Waals surface area contributed by atoms with E-state index >= 15 is 0 Å². The van der Waals surface area contributed by atoms with Gasteiger partial charge in [-0.1, -0.05) is 61.7 Å². The highest BCUT2D eigenvalue weighted by Crippen LogP contribution is 2.35. The average molecular weight is 368 g/mol. The molecule has 2 aromatic carbocycles. The van der Waals surface area contributed by atoms with Crippen LogP contribution in [0.15, 0.2) is 40.9 Å². The van der Waals surface area contributed by atoms with Gasteiger partial charge < -0.3 is 0 Å². The van der Waals surface area contributed by atoms with Crippen LogP contribution in [0.2, 0.25) is 0 Å². The van der Waals surface area contributed by atoms with Gasteiger partial charge in [0, 0.05) is 4.47 Å². The van der Waals surface area contributed by atoms with E-state index in [2.05, 4.69) is 89.0 Å². The van der Waals surface area contributed by atoms with Crippen LogP contribution < -0.4 is 0 Å². The molecular weight excluding hydrogens is 352 g/mol. The van der Waals surface area contributed by atoms with E-state index in [-0.39, 0.29) is 4.83 Å². The molecule has 2 aromatic rings. The molecule has 1 unspecified atom stereocenters. The third-order valence-electron chi connectivity index (χ3n) is 3.15. The molecule has 0 nitrogen and oxygen atoms in total. The first-order valence-electron chi connectivity index (χ1n) is 5.96. The van der Waals surface area contributed by atoms with Crippen LogP contribution >= 0.6 is 31.9 Å². The van der Waals surface area contributed by atoms with Crippen LogP contribution in [-0.2, 0) is 0 Å². The Hall–Kier alpha value is -0.600. The number of halogens is 2. The van der Waals surface area contributed by atoms with Gasteiger partial charge in [0.15, 0.2) is 0 Å². The Balaban J connectivity index is 2.46. The van der Waals surface area contributed by atoms with Gasteiger partial charge in [-0.2, -0.15) is 0 Å². The van der Waals surface area contributed by atoms with Crippen LogP contribution in [0.3, 0.4) is 0 Å². The molecular formula is C16H16Br2. The van der Waals surface area contributed by atoms with Gasteiger partial charge in [-0.05, 0) is 55.2 Å². The highest BCUT2D eigenvalue weighted by atomic mass is 79.9. The predicted octanol–water partition coefficient (Wildman–Crippen LogP) is 5.86. The van der Waals surface area contributed by atoms with Crippen LogP contribution in [0, 0.1) is 20.8 Å². The molecule has 0 aliphatic rings. The fourth-order valence-corrected chi connectivity index (χ4v) is 3.68. The Morgan fingerprint density at radius 2 is 1.39 bits per heavy atom. The number of hydrogen-bond acceptors (Lipinski definition) is 0. The van der Waals surface area contributed by atoms with Crippen LogP contribution in [0.1, 0.15) is 32.6 Å². The zero-order valence-electron chi connectivity index (χ0n) is 10.8. The molecule has 0 radical (unpaired) electrons. The minimum Gasteiger partial charge on any atom is -0.0786 e. The molecule has 0 spiro atoms. The van der Waals surface area contributed by atoms with Crippen molar-refractivity contribution in [3.05, 3.63) is 68.7 Å². The second-order valence-corrected chi connectivity index (χ2v) is 6.56. The Labute approximate surface area is 126 Å². The van der Waals surface area contributed by atoms with Gasteiger partial charge in [-0.15, -0.1) is 0 Å². The number of rotatable bonds is 2. The average Bonchev–Trinajstić information content (AvgIpc) is 2.28. The summed E-state index contributed by atoms with van der Waals surface area (Å²) < 4.78 is 1.11. The third-order valence-corrected chi connectivity index (χ3v) is 4.67. The summed E-state index contributed by atoms with van der Waals surface area (Å²) in [6.07, 6.45) is 0. The van der Waals surface area contributed by atoms with Crippen molar-refractivity contribution in [1.29, 1.82) is 0 Å². The van der Waals surface area contributed by atoms with Crippen molar-refractivity contribution < 1.29 is 0 Å². The van der Waals surface area contributed by atoms with Crippen molar-refractivity contribution in [2.24, 2.45) is 0 Å². The second-order valence-electron chi connectivity index (χ2n) is 4.73. The Kier molecular flexibility index (Phi) is 4.29. The molecule has 0 bridgehead atoms. The first-order chi connectivity index (χ1) is 8.49. The maximum atomic E-state index is 3.83. The molecule has 0 heterocycles. The fraction of sp³-hybridized carbons (Fsp3) is 0.250. The standard InChI is InChI=1S/C16H16Br2/c1-10-8-11(2)15(12(3)9-10)16(18)13-4-6-14(17)7-5-13/h4-9,16H,1-3H3. The highest BCUT2D eigenvalue weighted by molar-refractivity contribution is 9.10. The predicted molar refractivity (Wildman–Crippen MR) is 85.6 cm³/mol. The van der Waals surface area contributed by atoms with E-state index in [0.717, 1.165) is 4.47 Å². The molecule has 0 fully saturated rings. The molecule has 0 aromatic heterocycles. The van der Waals surface area contributed by atoms with Gasteiger partial charge in [-0.25, -0.2) is 0 Å². The molecule has 0 aliphatic carbocycles. The SMILES string of the molecule is Cc1cc(C)c(C(Br)c2ccc(Br)cc2)c(C)c1. The Morgan fingerprint density at radius 1 is 0.889 bits per heavy atom. The van der Waals surface area contributed by atoms with E-state index < -0.39 is 0 Å². The first kappa shape index (κ1) is 13.8. The molecule has 0 saturated heterocycles. The van der Waals surface area contributed by atoms with Crippen molar-refractivity contribution in [2.75, 3.05) is 0 Å². The summed E-state index contributed by atoms with van der Waals surface area (Å²) in [5.41, 5.74) is 6.68.